The van der Waals surface area contributed by atoms with Gasteiger partial charge in [-0.05, 0) is 42.8 Å². The lowest BCUT2D eigenvalue weighted by Gasteiger charge is -2.27. The first-order valence-corrected chi connectivity index (χ1v) is 13.6. The first-order chi connectivity index (χ1) is 19.7. The maximum Gasteiger partial charge on any atom is 0.246 e. The lowest BCUT2D eigenvalue weighted by atomic mass is 10.1. The largest absolute Gasteiger partial charge is 0.457 e. The molecule has 0 saturated carbocycles. The van der Waals surface area contributed by atoms with E-state index >= 15 is 0 Å². The van der Waals surface area contributed by atoms with Gasteiger partial charge in [-0.1, -0.05) is 30.4 Å². The number of aromatic nitrogens is 4. The molecule has 2 aliphatic rings. The molecular weight excluding hydrogens is 504 g/mol. The van der Waals surface area contributed by atoms with Gasteiger partial charge >= 0.3 is 0 Å². The number of hydrogen-bond acceptors (Lipinski definition) is 8. The molecule has 10 heteroatoms. The van der Waals surface area contributed by atoms with Crippen LogP contribution in [0.1, 0.15) is 6.42 Å². The Bertz CT molecular complexity index is 1540. The van der Waals surface area contributed by atoms with Crippen LogP contribution in [0.15, 0.2) is 79.2 Å². The van der Waals surface area contributed by atoms with Crippen molar-refractivity contribution >= 4 is 28.5 Å². The number of piperazine rings is 1. The van der Waals surface area contributed by atoms with Crippen LogP contribution < -0.4 is 15.8 Å². The Labute approximate surface area is 232 Å². The molecular formula is C30H32N8O2. The van der Waals surface area contributed by atoms with Gasteiger partial charge < -0.3 is 20.7 Å². The number of rotatable bonds is 7. The molecule has 1 fully saturated rings. The van der Waals surface area contributed by atoms with Gasteiger partial charge in [-0.25, -0.2) is 14.6 Å². The standard InChI is InChI=1S/C30H32N8O2/c31-29-27-28(22-10-12-25(13-11-22)40-24-7-2-1-3-8-24)35-38(30(27)34-21-33-29)23-6-4-17-37(20-23)26(39)9-5-16-36-18-14-32-15-19-36/h1-3,5-13,21,32H,4,14-20H2,(H2,31,33,34)/b9-5+. The van der Waals surface area contributed by atoms with E-state index in [0.717, 1.165) is 61.9 Å². The fourth-order valence-electron chi connectivity index (χ4n) is 5.05. The predicted octanol–water partition coefficient (Wildman–Crippen LogP) is 3.40. The number of nitrogens with one attached hydrogen (secondary N) is 1. The number of anilines is 1. The van der Waals surface area contributed by atoms with Crippen molar-refractivity contribution in [3.05, 3.63) is 79.2 Å². The fourth-order valence-corrected chi connectivity index (χ4v) is 5.05. The highest BCUT2D eigenvalue weighted by Crippen LogP contribution is 2.33. The first kappa shape index (κ1) is 25.7. The minimum absolute atomic E-state index is 0.000522. The molecule has 2 aliphatic heterocycles. The summed E-state index contributed by atoms with van der Waals surface area (Å²) in [5, 5.41) is 8.96. The maximum atomic E-state index is 13.0. The zero-order chi connectivity index (χ0) is 27.3. The van der Waals surface area contributed by atoms with E-state index in [2.05, 4.69) is 26.3 Å². The van der Waals surface area contributed by atoms with Crippen LogP contribution in [0.2, 0.25) is 0 Å². The number of benzene rings is 2. The second-order valence-corrected chi connectivity index (χ2v) is 9.85. The molecule has 0 bridgehead atoms. The Kier molecular flexibility index (Phi) is 7.51. The van der Waals surface area contributed by atoms with Crippen molar-refractivity contribution in [3.63, 3.8) is 0 Å². The van der Waals surface area contributed by atoms with Crippen LogP contribution >= 0.6 is 0 Å². The van der Waals surface area contributed by atoms with E-state index in [4.69, 9.17) is 15.6 Å². The van der Waals surface area contributed by atoms with Crippen LogP contribution in [-0.2, 0) is 4.79 Å². The summed E-state index contributed by atoms with van der Waals surface area (Å²) < 4.78 is 7.74. The van der Waals surface area contributed by atoms with E-state index in [1.54, 1.807) is 10.8 Å². The van der Waals surface area contributed by atoms with E-state index < -0.39 is 0 Å². The second kappa shape index (κ2) is 11.7. The minimum Gasteiger partial charge on any atom is -0.457 e. The molecule has 204 valence electrons. The number of carbonyl (C=O) groups is 1. The maximum absolute atomic E-state index is 13.0. The molecule has 2 aromatic heterocycles. The zero-order valence-corrected chi connectivity index (χ0v) is 22.2. The molecule has 0 spiro atoms. The van der Waals surface area contributed by atoms with E-state index in [1.165, 1.54) is 6.33 Å². The number of ether oxygens (including phenoxy) is 1. The summed E-state index contributed by atoms with van der Waals surface area (Å²) in [4.78, 5) is 26.0. The molecule has 1 amide bonds. The molecule has 2 aromatic carbocycles. The average molecular weight is 537 g/mol. The monoisotopic (exact) mass is 536 g/mol. The van der Waals surface area contributed by atoms with Gasteiger partial charge in [-0.2, -0.15) is 5.10 Å². The van der Waals surface area contributed by atoms with Gasteiger partial charge in [0.2, 0.25) is 5.91 Å². The van der Waals surface area contributed by atoms with Crippen molar-refractivity contribution < 1.29 is 9.53 Å². The number of fused-ring (bicyclic) bond motifs is 1. The highest BCUT2D eigenvalue weighted by atomic mass is 16.5. The van der Waals surface area contributed by atoms with Gasteiger partial charge in [0.05, 0.1) is 17.6 Å². The Morgan fingerprint density at radius 2 is 1.77 bits per heavy atom. The van der Waals surface area contributed by atoms with Crippen molar-refractivity contribution in [2.45, 2.75) is 6.42 Å². The highest BCUT2D eigenvalue weighted by molar-refractivity contribution is 5.99. The quantitative estimate of drug-likeness (QED) is 0.346. The lowest BCUT2D eigenvalue weighted by molar-refractivity contribution is -0.125. The molecule has 0 radical (unpaired) electrons. The summed E-state index contributed by atoms with van der Waals surface area (Å²) >= 11 is 0. The number of para-hydroxylation sites is 1. The summed E-state index contributed by atoms with van der Waals surface area (Å²) in [6.07, 6.45) is 7.94. The SMILES string of the molecule is Nc1ncnc2c1c(-c1ccc(Oc3ccccc3)cc1)nn2C1=CCCN(C(=O)/C=C/CN2CCNCC2)C1. The molecule has 4 aromatic rings. The molecule has 0 unspecified atom stereocenters. The summed E-state index contributed by atoms with van der Waals surface area (Å²) in [7, 11) is 0. The zero-order valence-electron chi connectivity index (χ0n) is 22.2. The third-order valence-electron chi connectivity index (χ3n) is 7.15. The number of nitrogens with zero attached hydrogens (tertiary/aromatic N) is 6. The smallest absolute Gasteiger partial charge is 0.246 e. The second-order valence-electron chi connectivity index (χ2n) is 9.85. The summed E-state index contributed by atoms with van der Waals surface area (Å²) in [5.74, 6) is 1.85. The van der Waals surface area contributed by atoms with Gasteiger partial charge in [-0.15, -0.1) is 0 Å². The van der Waals surface area contributed by atoms with E-state index in [0.29, 0.717) is 35.6 Å². The normalized spacial score (nSPS) is 16.4. The number of nitrogens with two attached hydrogens (primary N) is 1. The van der Waals surface area contributed by atoms with Gasteiger partial charge in [0.15, 0.2) is 5.65 Å². The molecule has 3 N–H and O–H groups in total. The van der Waals surface area contributed by atoms with Crippen molar-refractivity contribution in [2.75, 3.05) is 51.5 Å². The average Bonchev–Trinajstić information content (AvgIpc) is 3.40. The van der Waals surface area contributed by atoms with E-state index in [-0.39, 0.29) is 5.91 Å². The molecule has 6 rings (SSSR count). The first-order valence-electron chi connectivity index (χ1n) is 13.6. The number of hydrogen-bond donors (Lipinski definition) is 2. The Morgan fingerprint density at radius 3 is 2.58 bits per heavy atom. The molecule has 0 aliphatic carbocycles. The van der Waals surface area contributed by atoms with Crippen LogP contribution in [0.25, 0.3) is 28.0 Å². The number of amides is 1. The van der Waals surface area contributed by atoms with E-state index in [1.807, 2.05) is 65.6 Å². The topological polar surface area (TPSA) is 114 Å². The van der Waals surface area contributed by atoms with Gasteiger partial charge in [0, 0.05) is 50.9 Å². The summed E-state index contributed by atoms with van der Waals surface area (Å²) in [5.41, 5.74) is 9.37. The van der Waals surface area contributed by atoms with Gasteiger partial charge in [0.1, 0.15) is 29.3 Å². The van der Waals surface area contributed by atoms with Gasteiger partial charge in [0.25, 0.3) is 0 Å². The summed E-state index contributed by atoms with van der Waals surface area (Å²) in [6.45, 7) is 5.84. The molecule has 40 heavy (non-hydrogen) atoms. The molecule has 1 saturated heterocycles. The Balaban J connectivity index is 1.22. The van der Waals surface area contributed by atoms with Crippen LogP contribution in [0.5, 0.6) is 11.5 Å². The van der Waals surface area contributed by atoms with Gasteiger partial charge in [-0.3, -0.25) is 9.69 Å². The minimum atomic E-state index is 0.000522. The third-order valence-corrected chi connectivity index (χ3v) is 7.15. The third kappa shape index (κ3) is 5.58. The van der Waals surface area contributed by atoms with Crippen molar-refractivity contribution in [1.82, 2.24) is 34.9 Å². The molecule has 0 atom stereocenters. The Morgan fingerprint density at radius 1 is 1.00 bits per heavy atom. The van der Waals surface area contributed by atoms with Crippen LogP contribution in [0.3, 0.4) is 0 Å². The molecule has 4 heterocycles. The predicted molar refractivity (Wildman–Crippen MR) is 156 cm³/mol. The van der Waals surface area contributed by atoms with E-state index in [9.17, 15) is 4.79 Å². The number of nitrogen functional groups attached to an aromatic ring is 1. The van der Waals surface area contributed by atoms with Crippen molar-refractivity contribution in [1.29, 1.82) is 0 Å². The van der Waals surface area contributed by atoms with Crippen LogP contribution in [-0.4, -0.2) is 81.3 Å². The van der Waals surface area contributed by atoms with Crippen molar-refractivity contribution in [2.24, 2.45) is 0 Å². The Hall–Kier alpha value is -4.54. The summed E-state index contributed by atoms with van der Waals surface area (Å²) in [6, 6.07) is 17.3. The molecule has 10 nitrogen and oxygen atoms in total. The lowest BCUT2D eigenvalue weighted by Crippen LogP contribution is -2.43. The fraction of sp³-hybridized carbons (Fsp3) is 0.267. The van der Waals surface area contributed by atoms with Crippen LogP contribution in [0, 0.1) is 0 Å². The van der Waals surface area contributed by atoms with Crippen LogP contribution in [0.4, 0.5) is 5.82 Å². The van der Waals surface area contributed by atoms with Crippen molar-refractivity contribution in [3.8, 4) is 22.8 Å². The number of carbonyl (C=O) groups excluding carboxylic acids is 1. The highest BCUT2D eigenvalue weighted by Gasteiger charge is 2.23.